The maximum Gasteiger partial charge on any atom is 0.131 e. The zero-order chi connectivity index (χ0) is 10.8. The molecule has 0 spiro atoms. The van der Waals surface area contributed by atoms with Gasteiger partial charge in [-0.3, -0.25) is 0 Å². The number of hydrogen-bond donors (Lipinski definition) is 1. The summed E-state index contributed by atoms with van der Waals surface area (Å²) in [5, 5.41) is 0. The Kier molecular flexibility index (Phi) is 3.00. The summed E-state index contributed by atoms with van der Waals surface area (Å²) < 4.78 is 0. The fourth-order valence-corrected chi connectivity index (χ4v) is 2.12. The van der Waals surface area contributed by atoms with Crippen LogP contribution in [-0.4, -0.2) is 16.5 Å². The first-order chi connectivity index (χ1) is 7.22. The minimum atomic E-state index is 0.620. The molecule has 0 amide bonds. The van der Waals surface area contributed by atoms with Gasteiger partial charge in [0.25, 0.3) is 0 Å². The molecule has 15 heavy (non-hydrogen) atoms. The first-order valence-corrected chi connectivity index (χ1v) is 5.76. The summed E-state index contributed by atoms with van der Waals surface area (Å²) in [5.41, 5.74) is 9.06. The molecule has 1 fully saturated rings. The number of nitrogens with two attached hydrogens (primary N) is 1. The van der Waals surface area contributed by atoms with Crippen LogP contribution in [0, 0.1) is 13.8 Å². The third-order valence-electron chi connectivity index (χ3n) is 3.30. The topological polar surface area (TPSA) is 51.8 Å². The normalized spacial score (nSPS) is 16.5. The Bertz CT molecular complexity index is 333. The Labute approximate surface area is 91.1 Å². The molecule has 2 rings (SSSR count). The molecule has 0 aliphatic heterocycles. The van der Waals surface area contributed by atoms with Crippen molar-refractivity contribution in [3.63, 3.8) is 0 Å². The molecule has 0 radical (unpaired) electrons. The van der Waals surface area contributed by atoms with Gasteiger partial charge in [-0.15, -0.1) is 0 Å². The molecule has 1 heterocycles. The molecule has 82 valence electrons. The van der Waals surface area contributed by atoms with Crippen LogP contribution >= 0.6 is 0 Å². The van der Waals surface area contributed by atoms with Crippen molar-refractivity contribution in [3.05, 3.63) is 22.8 Å². The van der Waals surface area contributed by atoms with Crippen molar-refractivity contribution in [3.8, 4) is 0 Å². The lowest BCUT2D eigenvalue weighted by Crippen LogP contribution is -2.16. The number of hydrogen-bond acceptors (Lipinski definition) is 3. The van der Waals surface area contributed by atoms with Gasteiger partial charge in [0, 0.05) is 17.3 Å². The predicted molar refractivity (Wildman–Crippen MR) is 60.9 cm³/mol. The molecule has 3 heteroatoms. The van der Waals surface area contributed by atoms with Crippen molar-refractivity contribution < 1.29 is 0 Å². The van der Waals surface area contributed by atoms with Gasteiger partial charge in [0.2, 0.25) is 0 Å². The van der Waals surface area contributed by atoms with Crippen molar-refractivity contribution >= 4 is 0 Å². The highest BCUT2D eigenvalue weighted by molar-refractivity contribution is 5.25. The fourth-order valence-electron chi connectivity index (χ4n) is 2.12. The molecule has 1 aromatic heterocycles. The molecule has 3 nitrogen and oxygen atoms in total. The van der Waals surface area contributed by atoms with E-state index in [1.165, 1.54) is 24.8 Å². The minimum Gasteiger partial charge on any atom is -0.330 e. The average Bonchev–Trinajstić information content (AvgIpc) is 2.08. The van der Waals surface area contributed by atoms with Gasteiger partial charge in [0.1, 0.15) is 5.82 Å². The molecule has 1 aliphatic rings. The molecular weight excluding hydrogens is 186 g/mol. The molecule has 0 atom stereocenters. The minimum absolute atomic E-state index is 0.620. The zero-order valence-electron chi connectivity index (χ0n) is 9.58. The van der Waals surface area contributed by atoms with Gasteiger partial charge in [-0.25, -0.2) is 9.97 Å². The fraction of sp³-hybridized carbons (Fsp3) is 0.667. The van der Waals surface area contributed by atoms with Crippen LogP contribution in [0.4, 0.5) is 0 Å². The van der Waals surface area contributed by atoms with E-state index in [2.05, 4.69) is 23.8 Å². The number of nitrogens with zero attached hydrogens (tertiary/aromatic N) is 2. The van der Waals surface area contributed by atoms with Crippen molar-refractivity contribution in [1.82, 2.24) is 9.97 Å². The Morgan fingerprint density at radius 2 is 1.80 bits per heavy atom. The molecule has 1 saturated carbocycles. The van der Waals surface area contributed by atoms with Crippen molar-refractivity contribution in [1.29, 1.82) is 0 Å². The quantitative estimate of drug-likeness (QED) is 0.819. The number of aryl methyl sites for hydroxylation is 2. The van der Waals surface area contributed by atoms with Crippen LogP contribution < -0.4 is 5.73 Å². The zero-order valence-corrected chi connectivity index (χ0v) is 9.58. The first kappa shape index (κ1) is 10.6. The Morgan fingerprint density at radius 1 is 1.20 bits per heavy atom. The predicted octanol–water partition coefficient (Wildman–Crippen LogP) is 1.86. The van der Waals surface area contributed by atoms with E-state index in [-0.39, 0.29) is 0 Å². The molecule has 0 bridgehead atoms. The maximum absolute atomic E-state index is 5.58. The number of aromatic nitrogens is 2. The lowest BCUT2D eigenvalue weighted by atomic mass is 9.84. The summed E-state index contributed by atoms with van der Waals surface area (Å²) in [6, 6.07) is 0. The molecule has 1 aliphatic carbocycles. The van der Waals surface area contributed by atoms with Gasteiger partial charge in [0.15, 0.2) is 0 Å². The summed E-state index contributed by atoms with van der Waals surface area (Å²) in [6.45, 7) is 4.82. The second kappa shape index (κ2) is 4.27. The average molecular weight is 205 g/mol. The molecule has 1 aromatic rings. The van der Waals surface area contributed by atoms with Crippen LogP contribution in [0.3, 0.4) is 0 Å². The Morgan fingerprint density at radius 3 is 2.20 bits per heavy atom. The maximum atomic E-state index is 5.58. The van der Waals surface area contributed by atoms with Crippen molar-refractivity contribution in [2.45, 2.75) is 45.4 Å². The SMILES string of the molecule is Cc1nc(C2CCC2)nc(C)c1CCN. The van der Waals surface area contributed by atoms with Gasteiger partial charge < -0.3 is 5.73 Å². The van der Waals surface area contributed by atoms with E-state index in [0.29, 0.717) is 12.5 Å². The van der Waals surface area contributed by atoms with Gasteiger partial charge in [-0.2, -0.15) is 0 Å². The van der Waals surface area contributed by atoms with E-state index in [1.807, 2.05) is 0 Å². The van der Waals surface area contributed by atoms with Gasteiger partial charge in [-0.1, -0.05) is 6.42 Å². The van der Waals surface area contributed by atoms with Crippen LogP contribution in [-0.2, 0) is 6.42 Å². The van der Waals surface area contributed by atoms with E-state index >= 15 is 0 Å². The van der Waals surface area contributed by atoms with Crippen LogP contribution in [0.25, 0.3) is 0 Å². The van der Waals surface area contributed by atoms with Gasteiger partial charge in [-0.05, 0) is 45.2 Å². The highest BCUT2D eigenvalue weighted by atomic mass is 14.9. The van der Waals surface area contributed by atoms with Crippen LogP contribution in [0.15, 0.2) is 0 Å². The molecular formula is C12H19N3. The lowest BCUT2D eigenvalue weighted by Gasteiger charge is -2.24. The first-order valence-electron chi connectivity index (χ1n) is 5.76. The van der Waals surface area contributed by atoms with E-state index in [0.717, 1.165) is 23.6 Å². The van der Waals surface area contributed by atoms with E-state index in [1.54, 1.807) is 0 Å². The molecule has 0 saturated heterocycles. The highest BCUT2D eigenvalue weighted by Gasteiger charge is 2.23. The summed E-state index contributed by atoms with van der Waals surface area (Å²) in [5.74, 6) is 1.67. The Hall–Kier alpha value is -0.960. The van der Waals surface area contributed by atoms with E-state index in [4.69, 9.17) is 5.73 Å². The van der Waals surface area contributed by atoms with Crippen LogP contribution in [0.2, 0.25) is 0 Å². The largest absolute Gasteiger partial charge is 0.330 e. The highest BCUT2D eigenvalue weighted by Crippen LogP contribution is 2.34. The molecule has 2 N–H and O–H groups in total. The second-order valence-corrected chi connectivity index (χ2v) is 4.40. The van der Waals surface area contributed by atoms with E-state index in [9.17, 15) is 0 Å². The second-order valence-electron chi connectivity index (χ2n) is 4.40. The van der Waals surface area contributed by atoms with Gasteiger partial charge in [0.05, 0.1) is 0 Å². The standard InChI is InChI=1S/C12H19N3/c1-8-11(6-7-13)9(2)15-12(14-8)10-4-3-5-10/h10H,3-7,13H2,1-2H3. The third-order valence-corrected chi connectivity index (χ3v) is 3.30. The van der Waals surface area contributed by atoms with Crippen molar-refractivity contribution in [2.24, 2.45) is 5.73 Å². The summed E-state index contributed by atoms with van der Waals surface area (Å²) in [4.78, 5) is 9.22. The summed E-state index contributed by atoms with van der Waals surface area (Å²) >= 11 is 0. The van der Waals surface area contributed by atoms with Gasteiger partial charge >= 0.3 is 0 Å². The third kappa shape index (κ3) is 2.02. The Balaban J connectivity index is 2.29. The number of rotatable bonds is 3. The summed E-state index contributed by atoms with van der Waals surface area (Å²) in [7, 11) is 0. The monoisotopic (exact) mass is 205 g/mol. The summed E-state index contributed by atoms with van der Waals surface area (Å²) in [6.07, 6.45) is 4.74. The molecule has 0 aromatic carbocycles. The molecule has 0 unspecified atom stereocenters. The van der Waals surface area contributed by atoms with Crippen LogP contribution in [0.5, 0.6) is 0 Å². The lowest BCUT2D eigenvalue weighted by molar-refractivity contribution is 0.399. The van der Waals surface area contributed by atoms with Crippen LogP contribution in [0.1, 0.15) is 48.0 Å². The van der Waals surface area contributed by atoms with E-state index < -0.39 is 0 Å². The smallest absolute Gasteiger partial charge is 0.131 e. The van der Waals surface area contributed by atoms with Crippen molar-refractivity contribution in [2.75, 3.05) is 6.54 Å².